The molecule has 2 rings (SSSR count). The van der Waals surface area contributed by atoms with Crippen LogP contribution < -0.4 is 0 Å². The van der Waals surface area contributed by atoms with Crippen molar-refractivity contribution >= 4 is 12.2 Å². The number of nitrogens with zero attached hydrogens (tertiary/aromatic N) is 3. The van der Waals surface area contributed by atoms with Crippen LogP contribution in [0, 0.1) is 11.7 Å². The molecule has 0 radical (unpaired) electrons. The number of hydrogen-bond donors (Lipinski definition) is 1. The lowest BCUT2D eigenvalue weighted by atomic mass is 10.4. The third kappa shape index (κ3) is 1.40. The van der Waals surface area contributed by atoms with E-state index in [4.69, 9.17) is 16.7 Å². The van der Waals surface area contributed by atoms with E-state index in [-0.39, 0.29) is 0 Å². The lowest BCUT2D eigenvalue weighted by molar-refractivity contribution is 0.424. The first-order valence-electron chi connectivity index (χ1n) is 3.73. The summed E-state index contributed by atoms with van der Waals surface area (Å²) in [5.74, 6) is 1.21. The standard InChI is InChI=1S/C7H8N4OS/c1-4-3-5(12-10-4)6-8-7(13)11(2)9-6/h3H,1-2H3,(H,8,9,13). The Morgan fingerprint density at radius 3 is 2.85 bits per heavy atom. The number of aryl methyl sites for hydroxylation is 2. The highest BCUT2D eigenvalue weighted by atomic mass is 32.1. The average molecular weight is 196 g/mol. The minimum atomic E-state index is 0.490. The summed E-state index contributed by atoms with van der Waals surface area (Å²) in [4.78, 5) is 4.08. The molecule has 2 aromatic heterocycles. The van der Waals surface area contributed by atoms with Crippen LogP contribution >= 0.6 is 12.2 Å². The summed E-state index contributed by atoms with van der Waals surface area (Å²) >= 11 is 4.94. The van der Waals surface area contributed by atoms with Crippen molar-refractivity contribution in [2.75, 3.05) is 0 Å². The van der Waals surface area contributed by atoms with Crippen molar-refractivity contribution in [3.05, 3.63) is 16.5 Å². The van der Waals surface area contributed by atoms with E-state index < -0.39 is 0 Å². The van der Waals surface area contributed by atoms with Gasteiger partial charge in [-0.2, -0.15) is 4.98 Å². The number of hydrogen-bond acceptors (Lipinski definition) is 4. The topological polar surface area (TPSA) is 59.6 Å². The van der Waals surface area contributed by atoms with Gasteiger partial charge < -0.3 is 4.52 Å². The van der Waals surface area contributed by atoms with Crippen LogP contribution in [0.4, 0.5) is 0 Å². The van der Waals surface area contributed by atoms with Crippen LogP contribution in [0.5, 0.6) is 0 Å². The fraction of sp³-hybridized carbons (Fsp3) is 0.286. The third-order valence-corrected chi connectivity index (χ3v) is 1.99. The fourth-order valence-electron chi connectivity index (χ4n) is 0.988. The molecule has 0 aliphatic rings. The Kier molecular flexibility index (Phi) is 1.77. The van der Waals surface area contributed by atoms with E-state index in [1.54, 1.807) is 17.8 Å². The monoisotopic (exact) mass is 196 g/mol. The molecule has 6 heteroatoms. The highest BCUT2D eigenvalue weighted by molar-refractivity contribution is 7.71. The minimum Gasteiger partial charge on any atom is -0.353 e. The van der Waals surface area contributed by atoms with Crippen molar-refractivity contribution in [3.63, 3.8) is 0 Å². The quantitative estimate of drug-likeness (QED) is 0.701. The van der Waals surface area contributed by atoms with Crippen LogP contribution in [0.3, 0.4) is 0 Å². The van der Waals surface area contributed by atoms with Crippen molar-refractivity contribution in [2.24, 2.45) is 7.05 Å². The highest BCUT2D eigenvalue weighted by Gasteiger charge is 2.07. The lowest BCUT2D eigenvalue weighted by Gasteiger charge is -1.86. The van der Waals surface area contributed by atoms with Crippen molar-refractivity contribution in [1.29, 1.82) is 0 Å². The molecule has 0 saturated heterocycles. The van der Waals surface area contributed by atoms with E-state index in [0.29, 0.717) is 16.4 Å². The van der Waals surface area contributed by atoms with Crippen molar-refractivity contribution in [3.8, 4) is 11.6 Å². The van der Waals surface area contributed by atoms with E-state index in [1.807, 2.05) is 6.92 Å². The maximum absolute atomic E-state index is 5.02. The number of rotatable bonds is 1. The fourth-order valence-corrected chi connectivity index (χ4v) is 1.12. The molecule has 68 valence electrons. The number of nitrogens with one attached hydrogen (secondary N) is 1. The first-order valence-corrected chi connectivity index (χ1v) is 4.14. The summed E-state index contributed by atoms with van der Waals surface area (Å²) in [5.41, 5.74) is 0.819. The molecular weight excluding hydrogens is 188 g/mol. The summed E-state index contributed by atoms with van der Waals surface area (Å²) in [6.45, 7) is 1.85. The smallest absolute Gasteiger partial charge is 0.216 e. The Balaban J connectivity index is 2.52. The van der Waals surface area contributed by atoms with Gasteiger partial charge in [-0.25, -0.2) is 0 Å². The van der Waals surface area contributed by atoms with E-state index in [1.165, 1.54) is 0 Å². The summed E-state index contributed by atoms with van der Waals surface area (Å²) in [7, 11) is 1.79. The van der Waals surface area contributed by atoms with E-state index >= 15 is 0 Å². The molecule has 0 fully saturated rings. The summed E-state index contributed by atoms with van der Waals surface area (Å²) in [6.07, 6.45) is 0. The van der Waals surface area contributed by atoms with Gasteiger partial charge in [0.05, 0.1) is 5.69 Å². The van der Waals surface area contributed by atoms with Gasteiger partial charge in [-0.3, -0.25) is 9.78 Å². The molecular formula is C7H8N4OS. The van der Waals surface area contributed by atoms with Crippen molar-refractivity contribution in [2.45, 2.75) is 6.92 Å². The van der Waals surface area contributed by atoms with Crippen LogP contribution in [0.15, 0.2) is 10.6 Å². The Morgan fingerprint density at radius 2 is 2.38 bits per heavy atom. The largest absolute Gasteiger partial charge is 0.353 e. The summed E-state index contributed by atoms with van der Waals surface area (Å²) < 4.78 is 7.15. The maximum Gasteiger partial charge on any atom is 0.216 e. The second kappa shape index (κ2) is 2.81. The molecule has 0 aromatic carbocycles. The SMILES string of the molecule is Cc1cc(-c2nc(=S)n(C)[nH]2)on1. The molecule has 1 N–H and O–H groups in total. The second-order valence-corrected chi connectivity index (χ2v) is 3.11. The Morgan fingerprint density at radius 1 is 1.62 bits per heavy atom. The van der Waals surface area contributed by atoms with Gasteiger partial charge >= 0.3 is 0 Å². The van der Waals surface area contributed by atoms with Gasteiger partial charge in [0.15, 0.2) is 5.82 Å². The maximum atomic E-state index is 5.02. The summed E-state index contributed by atoms with van der Waals surface area (Å²) in [5, 5.41) is 6.70. The molecule has 2 heterocycles. The zero-order valence-electron chi connectivity index (χ0n) is 7.24. The second-order valence-electron chi connectivity index (χ2n) is 2.75. The molecule has 0 bridgehead atoms. The van der Waals surface area contributed by atoms with Crippen LogP contribution in [0.2, 0.25) is 0 Å². The van der Waals surface area contributed by atoms with Gasteiger partial charge in [0.25, 0.3) is 0 Å². The molecule has 0 aliphatic heterocycles. The molecule has 0 unspecified atom stereocenters. The molecule has 13 heavy (non-hydrogen) atoms. The normalized spacial score (nSPS) is 10.6. The molecule has 0 spiro atoms. The minimum absolute atomic E-state index is 0.490. The van der Waals surface area contributed by atoms with Crippen molar-refractivity contribution in [1.82, 2.24) is 19.9 Å². The molecule has 0 saturated carbocycles. The van der Waals surface area contributed by atoms with Gasteiger partial charge in [-0.05, 0) is 19.1 Å². The molecule has 0 amide bonds. The zero-order chi connectivity index (χ0) is 9.42. The predicted molar refractivity (Wildman–Crippen MR) is 48.6 cm³/mol. The van der Waals surface area contributed by atoms with Crippen LogP contribution in [-0.4, -0.2) is 19.9 Å². The first-order chi connectivity index (χ1) is 6.16. The van der Waals surface area contributed by atoms with Crippen LogP contribution in [0.25, 0.3) is 11.6 Å². The Labute approximate surface area is 79.4 Å². The van der Waals surface area contributed by atoms with Crippen molar-refractivity contribution < 1.29 is 4.52 Å². The van der Waals surface area contributed by atoms with Gasteiger partial charge in [-0.1, -0.05) is 5.16 Å². The highest BCUT2D eigenvalue weighted by Crippen LogP contribution is 2.14. The van der Waals surface area contributed by atoms with E-state index in [2.05, 4.69) is 15.2 Å². The predicted octanol–water partition coefficient (Wildman–Crippen LogP) is 1.44. The zero-order valence-corrected chi connectivity index (χ0v) is 8.05. The average Bonchev–Trinajstić information content (AvgIpc) is 2.61. The van der Waals surface area contributed by atoms with Gasteiger partial charge in [-0.15, -0.1) is 0 Å². The Hall–Kier alpha value is -1.43. The molecule has 2 aromatic rings. The molecule has 5 nitrogen and oxygen atoms in total. The first kappa shape index (κ1) is 8.18. The third-order valence-electron chi connectivity index (χ3n) is 1.63. The van der Waals surface area contributed by atoms with Gasteiger partial charge in [0.2, 0.25) is 10.5 Å². The lowest BCUT2D eigenvalue weighted by Crippen LogP contribution is -1.88. The number of aromatic nitrogens is 4. The van der Waals surface area contributed by atoms with E-state index in [0.717, 1.165) is 5.69 Å². The van der Waals surface area contributed by atoms with Crippen LogP contribution in [-0.2, 0) is 7.05 Å². The van der Waals surface area contributed by atoms with Crippen LogP contribution in [0.1, 0.15) is 5.69 Å². The van der Waals surface area contributed by atoms with Gasteiger partial charge in [0.1, 0.15) is 0 Å². The Bertz CT molecular complexity index is 481. The number of aromatic amines is 1. The molecule has 0 atom stereocenters. The number of H-pyrrole nitrogens is 1. The molecule has 0 aliphatic carbocycles. The summed E-state index contributed by atoms with van der Waals surface area (Å²) in [6, 6.07) is 1.80. The van der Waals surface area contributed by atoms with Gasteiger partial charge in [0, 0.05) is 13.1 Å². The van der Waals surface area contributed by atoms with E-state index in [9.17, 15) is 0 Å².